The first-order valence-corrected chi connectivity index (χ1v) is 5.52. The van der Waals surface area contributed by atoms with Crippen LogP contribution in [0.3, 0.4) is 0 Å². The van der Waals surface area contributed by atoms with Gasteiger partial charge in [0.15, 0.2) is 0 Å². The van der Waals surface area contributed by atoms with Crippen molar-refractivity contribution < 1.29 is 4.74 Å². The molecule has 5 heteroatoms. The van der Waals surface area contributed by atoms with E-state index in [1.165, 1.54) is 0 Å². The van der Waals surface area contributed by atoms with Crippen molar-refractivity contribution in [3.63, 3.8) is 0 Å². The van der Waals surface area contributed by atoms with Crippen molar-refractivity contribution in [2.45, 2.75) is 46.3 Å². The van der Waals surface area contributed by atoms with Gasteiger partial charge in [0.25, 0.3) is 0 Å². The highest BCUT2D eigenvalue weighted by molar-refractivity contribution is 4.54. The smallest absolute Gasteiger partial charge is 0.138 e. The molecule has 0 radical (unpaired) electrons. The first-order valence-electron chi connectivity index (χ1n) is 5.52. The number of hydrogen-bond acceptors (Lipinski definition) is 4. The van der Waals surface area contributed by atoms with Gasteiger partial charge in [-0.1, -0.05) is 13.8 Å². The first-order chi connectivity index (χ1) is 7.20. The molecule has 0 aliphatic rings. The average molecular weight is 212 g/mol. The van der Waals surface area contributed by atoms with E-state index in [1.807, 2.05) is 0 Å². The number of aromatic nitrogens is 4. The Morgan fingerprint density at radius 2 is 2.07 bits per heavy atom. The minimum absolute atomic E-state index is 0.345. The molecule has 0 unspecified atom stereocenters. The van der Waals surface area contributed by atoms with Crippen LogP contribution in [0, 0.1) is 5.92 Å². The minimum atomic E-state index is 0.345. The second-order valence-electron chi connectivity index (χ2n) is 4.10. The standard InChI is InChI=1S/C10H20N4O/c1-9(2)10(3)15-7-5-4-6-14-8-11-12-13-14/h8-10H,4-7H2,1-3H3/t10-/m1/s1. The van der Waals surface area contributed by atoms with Gasteiger partial charge in [-0.3, -0.25) is 0 Å². The fourth-order valence-corrected chi connectivity index (χ4v) is 1.12. The zero-order chi connectivity index (χ0) is 11.1. The van der Waals surface area contributed by atoms with Crippen LogP contribution in [0.5, 0.6) is 0 Å². The van der Waals surface area contributed by atoms with E-state index in [9.17, 15) is 0 Å². The molecule has 0 saturated heterocycles. The Labute approximate surface area is 90.8 Å². The molecule has 1 rings (SSSR count). The molecule has 5 nitrogen and oxygen atoms in total. The van der Waals surface area contributed by atoms with Gasteiger partial charge >= 0.3 is 0 Å². The summed E-state index contributed by atoms with van der Waals surface area (Å²) in [4.78, 5) is 0. The first kappa shape index (κ1) is 12.1. The molecule has 0 spiro atoms. The van der Waals surface area contributed by atoms with E-state index in [4.69, 9.17) is 4.74 Å². The topological polar surface area (TPSA) is 52.8 Å². The maximum atomic E-state index is 5.66. The number of tetrazole rings is 1. The van der Waals surface area contributed by atoms with Crippen LogP contribution in [-0.4, -0.2) is 32.9 Å². The summed E-state index contributed by atoms with van der Waals surface area (Å²) in [6.07, 6.45) is 4.09. The predicted molar refractivity (Wildman–Crippen MR) is 57.3 cm³/mol. The summed E-state index contributed by atoms with van der Waals surface area (Å²) in [5, 5.41) is 10.9. The Hall–Kier alpha value is -0.970. The third-order valence-corrected chi connectivity index (χ3v) is 2.49. The Morgan fingerprint density at radius 3 is 2.67 bits per heavy atom. The van der Waals surface area contributed by atoms with Crippen LogP contribution < -0.4 is 0 Å². The molecule has 86 valence electrons. The van der Waals surface area contributed by atoms with Crippen molar-refractivity contribution in [3.8, 4) is 0 Å². The third-order valence-electron chi connectivity index (χ3n) is 2.49. The van der Waals surface area contributed by atoms with E-state index in [-0.39, 0.29) is 0 Å². The van der Waals surface area contributed by atoms with Crippen LogP contribution in [0.25, 0.3) is 0 Å². The Balaban J connectivity index is 1.98. The number of hydrogen-bond donors (Lipinski definition) is 0. The fourth-order valence-electron chi connectivity index (χ4n) is 1.12. The number of aryl methyl sites for hydroxylation is 1. The van der Waals surface area contributed by atoms with Crippen LogP contribution in [0.15, 0.2) is 6.33 Å². The SMILES string of the molecule is CC(C)[C@@H](C)OCCCCn1cnnn1. The monoisotopic (exact) mass is 212 g/mol. The van der Waals surface area contributed by atoms with Gasteiger partial charge in [-0.15, -0.1) is 5.10 Å². The van der Waals surface area contributed by atoms with Crippen LogP contribution in [-0.2, 0) is 11.3 Å². The third kappa shape index (κ3) is 4.88. The maximum absolute atomic E-state index is 5.66. The summed E-state index contributed by atoms with van der Waals surface area (Å²) in [6.45, 7) is 8.15. The molecule has 0 N–H and O–H groups in total. The minimum Gasteiger partial charge on any atom is -0.378 e. The molecule has 0 bridgehead atoms. The molecule has 1 aromatic heterocycles. The van der Waals surface area contributed by atoms with Crippen molar-refractivity contribution in [2.75, 3.05) is 6.61 Å². The molecular formula is C10H20N4O. The van der Waals surface area contributed by atoms with Crippen molar-refractivity contribution in [1.82, 2.24) is 20.2 Å². The summed E-state index contributed by atoms with van der Waals surface area (Å²) in [5.41, 5.74) is 0. The van der Waals surface area contributed by atoms with Gasteiger partial charge < -0.3 is 4.74 Å². The molecule has 0 aromatic carbocycles. The highest BCUT2D eigenvalue weighted by Crippen LogP contribution is 2.06. The summed E-state index contributed by atoms with van der Waals surface area (Å²) in [5.74, 6) is 0.588. The lowest BCUT2D eigenvalue weighted by Crippen LogP contribution is -2.16. The Morgan fingerprint density at radius 1 is 1.27 bits per heavy atom. The van der Waals surface area contributed by atoms with Crippen molar-refractivity contribution >= 4 is 0 Å². The fraction of sp³-hybridized carbons (Fsp3) is 0.900. The summed E-state index contributed by atoms with van der Waals surface area (Å²) in [6, 6.07) is 0. The van der Waals surface area contributed by atoms with Gasteiger partial charge in [-0.2, -0.15) is 0 Å². The molecule has 0 fully saturated rings. The van der Waals surface area contributed by atoms with E-state index in [0.29, 0.717) is 12.0 Å². The Bertz CT molecular complexity index is 248. The van der Waals surface area contributed by atoms with Crippen molar-refractivity contribution in [3.05, 3.63) is 6.33 Å². The number of unbranched alkanes of at least 4 members (excludes halogenated alkanes) is 1. The highest BCUT2D eigenvalue weighted by Gasteiger charge is 2.05. The number of nitrogens with zero attached hydrogens (tertiary/aromatic N) is 4. The van der Waals surface area contributed by atoms with Crippen LogP contribution in [0.1, 0.15) is 33.6 Å². The van der Waals surface area contributed by atoms with Crippen molar-refractivity contribution in [1.29, 1.82) is 0 Å². The lowest BCUT2D eigenvalue weighted by Gasteiger charge is -2.16. The number of rotatable bonds is 7. The van der Waals surface area contributed by atoms with E-state index in [1.54, 1.807) is 11.0 Å². The number of ether oxygens (including phenoxy) is 1. The van der Waals surface area contributed by atoms with Crippen molar-refractivity contribution in [2.24, 2.45) is 5.92 Å². The second-order valence-corrected chi connectivity index (χ2v) is 4.10. The molecule has 0 amide bonds. The van der Waals surface area contributed by atoms with Gasteiger partial charge in [0.1, 0.15) is 6.33 Å². The highest BCUT2D eigenvalue weighted by atomic mass is 16.5. The van der Waals surface area contributed by atoms with Gasteiger partial charge in [0, 0.05) is 13.2 Å². The quantitative estimate of drug-likeness (QED) is 0.643. The van der Waals surface area contributed by atoms with E-state index in [0.717, 1.165) is 26.0 Å². The lowest BCUT2D eigenvalue weighted by molar-refractivity contribution is 0.0329. The van der Waals surface area contributed by atoms with Crippen LogP contribution >= 0.6 is 0 Å². The van der Waals surface area contributed by atoms with E-state index in [2.05, 4.69) is 36.3 Å². The molecular weight excluding hydrogens is 192 g/mol. The van der Waals surface area contributed by atoms with Gasteiger partial charge in [0.2, 0.25) is 0 Å². The lowest BCUT2D eigenvalue weighted by atomic mass is 10.1. The molecule has 1 aromatic rings. The van der Waals surface area contributed by atoms with Crippen LogP contribution in [0.4, 0.5) is 0 Å². The summed E-state index contributed by atoms with van der Waals surface area (Å²) < 4.78 is 7.40. The van der Waals surface area contributed by atoms with E-state index >= 15 is 0 Å². The normalized spacial score (nSPS) is 13.3. The molecule has 15 heavy (non-hydrogen) atoms. The largest absolute Gasteiger partial charge is 0.378 e. The zero-order valence-corrected chi connectivity index (χ0v) is 9.76. The predicted octanol–water partition coefficient (Wildman–Crippen LogP) is 1.51. The molecule has 1 heterocycles. The second kappa shape index (κ2) is 6.50. The maximum Gasteiger partial charge on any atom is 0.138 e. The van der Waals surface area contributed by atoms with Gasteiger partial charge in [0.05, 0.1) is 6.10 Å². The summed E-state index contributed by atoms with van der Waals surface area (Å²) >= 11 is 0. The average Bonchev–Trinajstić information content (AvgIpc) is 2.69. The molecule has 0 aliphatic carbocycles. The van der Waals surface area contributed by atoms with Gasteiger partial charge in [-0.05, 0) is 36.1 Å². The van der Waals surface area contributed by atoms with Gasteiger partial charge in [-0.25, -0.2) is 4.68 Å². The molecule has 0 aliphatic heterocycles. The molecule has 1 atom stereocenters. The van der Waals surface area contributed by atoms with E-state index < -0.39 is 0 Å². The zero-order valence-electron chi connectivity index (χ0n) is 9.76. The Kier molecular flexibility index (Phi) is 5.25. The van der Waals surface area contributed by atoms with Crippen LogP contribution in [0.2, 0.25) is 0 Å². The summed E-state index contributed by atoms with van der Waals surface area (Å²) in [7, 11) is 0. The molecule has 0 saturated carbocycles.